The maximum absolute atomic E-state index is 12.1. The number of para-hydroxylation sites is 1. The third-order valence-corrected chi connectivity index (χ3v) is 3.82. The first-order valence-corrected chi connectivity index (χ1v) is 7.84. The molecule has 1 aromatic carbocycles. The number of pyridine rings is 1. The van der Waals surface area contributed by atoms with E-state index in [1.165, 1.54) is 30.3 Å². The van der Waals surface area contributed by atoms with Gasteiger partial charge in [-0.3, -0.25) is 4.79 Å². The van der Waals surface area contributed by atoms with Crippen molar-refractivity contribution in [1.82, 2.24) is 4.98 Å². The Hall–Kier alpha value is -1.67. The lowest BCUT2D eigenvalue weighted by Gasteiger charge is -2.09. The van der Waals surface area contributed by atoms with E-state index in [2.05, 4.69) is 10.3 Å². The Morgan fingerprint density at radius 3 is 2.29 bits per heavy atom. The molecule has 9 heteroatoms. The first-order valence-electron chi connectivity index (χ1n) is 5.53. The third-order valence-electron chi connectivity index (χ3n) is 2.47. The number of aromatic nitrogens is 1. The van der Waals surface area contributed by atoms with Gasteiger partial charge >= 0.3 is 0 Å². The predicted octanol–water partition coefficient (Wildman–Crippen LogP) is 2.29. The minimum Gasteiger partial charge on any atom is -0.321 e. The summed E-state index contributed by atoms with van der Waals surface area (Å²) in [7, 11) is -3.96. The minimum atomic E-state index is -3.96. The summed E-state index contributed by atoms with van der Waals surface area (Å²) < 4.78 is 22.9. The summed E-state index contributed by atoms with van der Waals surface area (Å²) >= 11 is 11.4. The lowest BCUT2D eigenvalue weighted by atomic mass is 10.2. The van der Waals surface area contributed by atoms with E-state index in [-0.39, 0.29) is 26.5 Å². The van der Waals surface area contributed by atoms with Gasteiger partial charge in [-0.15, -0.1) is 0 Å². The third kappa shape index (κ3) is 3.92. The number of sulfonamides is 1. The highest BCUT2D eigenvalue weighted by Crippen LogP contribution is 2.21. The molecule has 0 saturated heterocycles. The SMILES string of the molecule is NS(=O)(=O)c1ccccc1NC(=O)c1cc(Cl)nc(Cl)c1. The molecule has 0 saturated carbocycles. The second kappa shape index (κ2) is 5.98. The van der Waals surface area contributed by atoms with Crippen LogP contribution in [0, 0.1) is 0 Å². The number of carbonyl (C=O) groups excluding carboxylic acids is 1. The number of hydrogen-bond donors (Lipinski definition) is 2. The van der Waals surface area contributed by atoms with Gasteiger partial charge in [0.25, 0.3) is 5.91 Å². The highest BCUT2D eigenvalue weighted by atomic mass is 35.5. The molecule has 0 aliphatic heterocycles. The Bertz CT molecular complexity index is 789. The van der Waals surface area contributed by atoms with Crippen LogP contribution in [0.4, 0.5) is 5.69 Å². The van der Waals surface area contributed by atoms with Crippen molar-refractivity contribution in [3.05, 3.63) is 52.3 Å². The van der Waals surface area contributed by atoms with Crippen LogP contribution < -0.4 is 10.5 Å². The number of anilines is 1. The van der Waals surface area contributed by atoms with E-state index >= 15 is 0 Å². The molecule has 2 aromatic rings. The Morgan fingerprint density at radius 1 is 1.14 bits per heavy atom. The van der Waals surface area contributed by atoms with Crippen molar-refractivity contribution < 1.29 is 13.2 Å². The number of carbonyl (C=O) groups is 1. The van der Waals surface area contributed by atoms with Gasteiger partial charge in [0.05, 0.1) is 5.69 Å². The molecule has 0 bridgehead atoms. The van der Waals surface area contributed by atoms with Crippen molar-refractivity contribution in [2.24, 2.45) is 5.14 Å². The highest BCUT2D eigenvalue weighted by molar-refractivity contribution is 7.89. The van der Waals surface area contributed by atoms with Crippen LogP contribution in [-0.2, 0) is 10.0 Å². The number of rotatable bonds is 3. The van der Waals surface area contributed by atoms with E-state index in [4.69, 9.17) is 28.3 Å². The first kappa shape index (κ1) is 15.7. The van der Waals surface area contributed by atoms with Crippen LogP contribution >= 0.6 is 23.2 Å². The van der Waals surface area contributed by atoms with Gasteiger partial charge in [0, 0.05) is 5.56 Å². The molecule has 21 heavy (non-hydrogen) atoms. The smallest absolute Gasteiger partial charge is 0.255 e. The van der Waals surface area contributed by atoms with Crippen LogP contribution in [0.3, 0.4) is 0 Å². The molecule has 1 amide bonds. The zero-order valence-corrected chi connectivity index (χ0v) is 12.7. The zero-order chi connectivity index (χ0) is 15.6. The summed E-state index contributed by atoms with van der Waals surface area (Å²) in [4.78, 5) is 15.6. The van der Waals surface area contributed by atoms with E-state index in [0.29, 0.717) is 0 Å². The molecule has 0 atom stereocenters. The van der Waals surface area contributed by atoms with Crippen LogP contribution in [0.1, 0.15) is 10.4 Å². The molecule has 0 aliphatic rings. The van der Waals surface area contributed by atoms with Crippen LogP contribution in [0.15, 0.2) is 41.3 Å². The molecule has 2 rings (SSSR count). The van der Waals surface area contributed by atoms with Gasteiger partial charge in [0.15, 0.2) is 0 Å². The molecular formula is C12H9Cl2N3O3S. The van der Waals surface area contributed by atoms with Crippen LogP contribution in [0.2, 0.25) is 10.3 Å². The average molecular weight is 346 g/mol. The van der Waals surface area contributed by atoms with Crippen molar-refractivity contribution in [1.29, 1.82) is 0 Å². The maximum Gasteiger partial charge on any atom is 0.255 e. The Kier molecular flexibility index (Phi) is 4.48. The number of primary sulfonamides is 1. The number of benzene rings is 1. The van der Waals surface area contributed by atoms with Gasteiger partial charge in [0.2, 0.25) is 10.0 Å². The lowest BCUT2D eigenvalue weighted by molar-refractivity contribution is 0.102. The van der Waals surface area contributed by atoms with Crippen LogP contribution in [-0.4, -0.2) is 19.3 Å². The molecule has 3 N–H and O–H groups in total. The van der Waals surface area contributed by atoms with Crippen LogP contribution in [0.25, 0.3) is 0 Å². The van der Waals surface area contributed by atoms with E-state index in [0.717, 1.165) is 0 Å². The largest absolute Gasteiger partial charge is 0.321 e. The quantitative estimate of drug-likeness (QED) is 0.833. The van der Waals surface area contributed by atoms with Gasteiger partial charge in [-0.05, 0) is 24.3 Å². The number of nitrogens with two attached hydrogens (primary N) is 1. The van der Waals surface area contributed by atoms with Gasteiger partial charge in [-0.1, -0.05) is 35.3 Å². The number of nitrogens with one attached hydrogen (secondary N) is 1. The average Bonchev–Trinajstić information content (AvgIpc) is 2.37. The summed E-state index contributed by atoms with van der Waals surface area (Å²) in [6.07, 6.45) is 0. The lowest BCUT2D eigenvalue weighted by Crippen LogP contribution is -2.18. The molecule has 0 spiro atoms. The molecule has 1 heterocycles. The molecule has 0 radical (unpaired) electrons. The van der Waals surface area contributed by atoms with E-state index in [1.807, 2.05) is 0 Å². The van der Waals surface area contributed by atoms with Crippen molar-refractivity contribution in [3.63, 3.8) is 0 Å². The summed E-state index contributed by atoms with van der Waals surface area (Å²) in [5.74, 6) is -0.586. The number of nitrogens with zero attached hydrogens (tertiary/aromatic N) is 1. The second-order valence-electron chi connectivity index (χ2n) is 4.00. The monoisotopic (exact) mass is 345 g/mol. The minimum absolute atomic E-state index is 0.0485. The molecular weight excluding hydrogens is 337 g/mol. The summed E-state index contributed by atoms with van der Waals surface area (Å²) in [5, 5.41) is 7.63. The highest BCUT2D eigenvalue weighted by Gasteiger charge is 2.16. The van der Waals surface area contributed by atoms with E-state index in [1.54, 1.807) is 6.07 Å². The van der Waals surface area contributed by atoms with Crippen molar-refractivity contribution in [2.75, 3.05) is 5.32 Å². The van der Waals surface area contributed by atoms with Crippen LogP contribution in [0.5, 0.6) is 0 Å². The fourth-order valence-corrected chi connectivity index (χ4v) is 2.76. The fourth-order valence-electron chi connectivity index (χ4n) is 1.61. The summed E-state index contributed by atoms with van der Waals surface area (Å²) in [6, 6.07) is 8.39. The maximum atomic E-state index is 12.1. The van der Waals surface area contributed by atoms with Gasteiger partial charge in [-0.25, -0.2) is 18.5 Å². The molecule has 6 nitrogen and oxygen atoms in total. The van der Waals surface area contributed by atoms with E-state index in [9.17, 15) is 13.2 Å². The molecule has 110 valence electrons. The van der Waals surface area contributed by atoms with E-state index < -0.39 is 15.9 Å². The topological polar surface area (TPSA) is 102 Å². The second-order valence-corrected chi connectivity index (χ2v) is 6.30. The Morgan fingerprint density at radius 2 is 1.71 bits per heavy atom. The first-order chi connectivity index (χ1) is 9.77. The van der Waals surface area contributed by atoms with Gasteiger partial charge in [-0.2, -0.15) is 0 Å². The fraction of sp³-hybridized carbons (Fsp3) is 0. The van der Waals surface area contributed by atoms with Crippen molar-refractivity contribution >= 4 is 44.8 Å². The normalized spacial score (nSPS) is 11.2. The molecule has 0 unspecified atom stereocenters. The van der Waals surface area contributed by atoms with Gasteiger partial charge < -0.3 is 5.32 Å². The summed E-state index contributed by atoms with van der Waals surface area (Å²) in [5.41, 5.74) is 0.207. The molecule has 1 aromatic heterocycles. The zero-order valence-electron chi connectivity index (χ0n) is 10.4. The number of hydrogen-bond acceptors (Lipinski definition) is 4. The molecule has 0 fully saturated rings. The van der Waals surface area contributed by atoms with Crippen molar-refractivity contribution in [3.8, 4) is 0 Å². The molecule has 0 aliphatic carbocycles. The number of halogens is 2. The summed E-state index contributed by atoms with van der Waals surface area (Å²) in [6.45, 7) is 0. The Labute approximate surface area is 130 Å². The predicted molar refractivity (Wildman–Crippen MR) is 80.0 cm³/mol. The Balaban J connectivity index is 2.37. The van der Waals surface area contributed by atoms with Crippen molar-refractivity contribution in [2.45, 2.75) is 4.90 Å². The number of amides is 1. The standard InChI is InChI=1S/C12H9Cl2N3O3S/c13-10-5-7(6-11(14)17-10)12(18)16-8-3-1-2-4-9(8)21(15,19)20/h1-6H,(H,16,18)(H2,15,19,20). The van der Waals surface area contributed by atoms with Gasteiger partial charge in [0.1, 0.15) is 15.2 Å².